The average molecular weight is 284 g/mol. The number of anilines is 1. The summed E-state index contributed by atoms with van der Waals surface area (Å²) in [4.78, 5) is 20.6. The van der Waals surface area contributed by atoms with Crippen LogP contribution in [0.4, 0.5) is 5.69 Å². The molecule has 0 bridgehead atoms. The predicted molar refractivity (Wildman–Crippen MR) is 83.7 cm³/mol. The highest BCUT2D eigenvalue weighted by Gasteiger charge is 2.17. The monoisotopic (exact) mass is 284 g/mol. The number of hydrogen-bond acceptors (Lipinski definition) is 4. The van der Waals surface area contributed by atoms with Crippen LogP contribution < -0.4 is 11.1 Å². The molecule has 0 aliphatic carbocycles. The predicted octanol–water partition coefficient (Wildman–Crippen LogP) is 2.50. The first-order valence-electron chi connectivity index (χ1n) is 6.81. The molecule has 0 aliphatic rings. The standard InChI is InChI=1S/C16H20N4O/c1-16(2,3)10-20-15(21)12-6-8-19-14(13(12)17)11-5-4-7-18-9-11/h4-9H,10,17H2,1-3H3,(H,20,21). The van der Waals surface area contributed by atoms with Crippen LogP contribution in [0.15, 0.2) is 36.8 Å². The van der Waals surface area contributed by atoms with Gasteiger partial charge in [0.2, 0.25) is 0 Å². The van der Waals surface area contributed by atoms with Crippen molar-refractivity contribution in [2.45, 2.75) is 20.8 Å². The number of nitrogen functional groups attached to an aromatic ring is 1. The number of amides is 1. The lowest BCUT2D eigenvalue weighted by Gasteiger charge is -2.19. The van der Waals surface area contributed by atoms with E-state index in [0.29, 0.717) is 23.5 Å². The maximum absolute atomic E-state index is 12.3. The Kier molecular flexibility index (Phi) is 4.21. The molecule has 0 fully saturated rings. The molecule has 3 N–H and O–H groups in total. The fourth-order valence-corrected chi connectivity index (χ4v) is 1.84. The second kappa shape index (κ2) is 5.91. The summed E-state index contributed by atoms with van der Waals surface area (Å²) in [5.41, 5.74) is 8.30. The molecule has 0 radical (unpaired) electrons. The Balaban J connectivity index is 2.28. The van der Waals surface area contributed by atoms with Gasteiger partial charge in [-0.2, -0.15) is 0 Å². The van der Waals surface area contributed by atoms with E-state index in [1.165, 1.54) is 0 Å². The van der Waals surface area contributed by atoms with E-state index in [1.54, 1.807) is 24.7 Å². The second-order valence-corrected chi connectivity index (χ2v) is 6.11. The quantitative estimate of drug-likeness (QED) is 0.907. The molecule has 5 nitrogen and oxygen atoms in total. The van der Waals surface area contributed by atoms with Gasteiger partial charge in [0, 0.05) is 30.7 Å². The number of nitrogens with two attached hydrogens (primary N) is 1. The molecule has 1 amide bonds. The number of carbonyl (C=O) groups is 1. The van der Waals surface area contributed by atoms with Crippen LogP contribution in [0.2, 0.25) is 0 Å². The molecular weight excluding hydrogens is 264 g/mol. The molecule has 2 rings (SSSR count). The number of nitrogens with one attached hydrogen (secondary N) is 1. The van der Waals surface area contributed by atoms with Gasteiger partial charge in [-0.3, -0.25) is 14.8 Å². The summed E-state index contributed by atoms with van der Waals surface area (Å²) in [6.45, 7) is 6.76. The van der Waals surface area contributed by atoms with Crippen molar-refractivity contribution in [3.05, 3.63) is 42.4 Å². The van der Waals surface area contributed by atoms with E-state index < -0.39 is 0 Å². The Morgan fingerprint density at radius 2 is 2.05 bits per heavy atom. The number of carbonyl (C=O) groups excluding carboxylic acids is 1. The van der Waals surface area contributed by atoms with Gasteiger partial charge in [0.05, 0.1) is 16.9 Å². The van der Waals surface area contributed by atoms with Crippen LogP contribution in [0, 0.1) is 5.41 Å². The zero-order valence-corrected chi connectivity index (χ0v) is 12.6. The van der Waals surface area contributed by atoms with E-state index in [9.17, 15) is 4.79 Å². The summed E-state index contributed by atoms with van der Waals surface area (Å²) in [6, 6.07) is 5.30. The van der Waals surface area contributed by atoms with Crippen molar-refractivity contribution < 1.29 is 4.79 Å². The maximum atomic E-state index is 12.3. The Labute approximate surface area is 124 Å². The van der Waals surface area contributed by atoms with Crippen molar-refractivity contribution in [3.8, 4) is 11.3 Å². The third kappa shape index (κ3) is 3.78. The van der Waals surface area contributed by atoms with Gasteiger partial charge in [-0.25, -0.2) is 0 Å². The lowest BCUT2D eigenvalue weighted by atomic mass is 9.97. The normalized spacial score (nSPS) is 11.2. The Bertz CT molecular complexity index is 632. The number of nitrogens with zero attached hydrogens (tertiary/aromatic N) is 2. The Morgan fingerprint density at radius 3 is 2.67 bits per heavy atom. The minimum absolute atomic E-state index is 0.0175. The molecule has 0 aliphatic heterocycles. The molecule has 0 saturated heterocycles. The third-order valence-electron chi connectivity index (χ3n) is 2.95. The van der Waals surface area contributed by atoms with E-state index in [1.807, 2.05) is 12.1 Å². The molecule has 2 aromatic heterocycles. The maximum Gasteiger partial charge on any atom is 0.253 e. The van der Waals surface area contributed by atoms with Crippen LogP contribution >= 0.6 is 0 Å². The summed E-state index contributed by atoms with van der Waals surface area (Å²) in [6.07, 6.45) is 4.94. The minimum Gasteiger partial charge on any atom is -0.396 e. The van der Waals surface area contributed by atoms with Crippen molar-refractivity contribution in [3.63, 3.8) is 0 Å². The van der Waals surface area contributed by atoms with Gasteiger partial charge in [0.1, 0.15) is 0 Å². The number of aromatic nitrogens is 2. The van der Waals surface area contributed by atoms with Crippen molar-refractivity contribution in [1.82, 2.24) is 15.3 Å². The summed E-state index contributed by atoms with van der Waals surface area (Å²) in [5.74, 6) is -0.185. The molecule has 2 aromatic rings. The summed E-state index contributed by atoms with van der Waals surface area (Å²) in [7, 11) is 0. The van der Waals surface area contributed by atoms with Gasteiger partial charge in [-0.15, -0.1) is 0 Å². The number of rotatable bonds is 3. The van der Waals surface area contributed by atoms with Crippen LogP contribution in [0.1, 0.15) is 31.1 Å². The SMILES string of the molecule is CC(C)(C)CNC(=O)c1ccnc(-c2cccnc2)c1N. The zero-order chi connectivity index (χ0) is 15.5. The van der Waals surface area contributed by atoms with Crippen molar-refractivity contribution in [2.75, 3.05) is 12.3 Å². The highest BCUT2D eigenvalue weighted by Crippen LogP contribution is 2.25. The first kappa shape index (κ1) is 15.0. The lowest BCUT2D eigenvalue weighted by Crippen LogP contribution is -2.32. The van der Waals surface area contributed by atoms with Gasteiger partial charge < -0.3 is 11.1 Å². The summed E-state index contributed by atoms with van der Waals surface area (Å²) < 4.78 is 0. The largest absolute Gasteiger partial charge is 0.396 e. The lowest BCUT2D eigenvalue weighted by molar-refractivity contribution is 0.0940. The summed E-state index contributed by atoms with van der Waals surface area (Å²) >= 11 is 0. The van der Waals surface area contributed by atoms with E-state index in [-0.39, 0.29) is 11.3 Å². The first-order chi connectivity index (χ1) is 9.88. The second-order valence-electron chi connectivity index (χ2n) is 6.11. The molecule has 0 spiro atoms. The van der Waals surface area contributed by atoms with E-state index in [4.69, 9.17) is 5.73 Å². The highest BCUT2D eigenvalue weighted by atomic mass is 16.1. The molecule has 0 atom stereocenters. The molecule has 5 heteroatoms. The first-order valence-corrected chi connectivity index (χ1v) is 6.81. The Hall–Kier alpha value is -2.43. The fraction of sp³-hybridized carbons (Fsp3) is 0.312. The molecule has 0 unspecified atom stereocenters. The van der Waals surface area contributed by atoms with Gasteiger partial charge >= 0.3 is 0 Å². The fourth-order valence-electron chi connectivity index (χ4n) is 1.84. The van der Waals surface area contributed by atoms with Crippen LogP contribution in [-0.2, 0) is 0 Å². The van der Waals surface area contributed by atoms with E-state index in [0.717, 1.165) is 5.56 Å². The van der Waals surface area contributed by atoms with Gasteiger partial charge in [-0.1, -0.05) is 20.8 Å². The van der Waals surface area contributed by atoms with E-state index >= 15 is 0 Å². The third-order valence-corrected chi connectivity index (χ3v) is 2.95. The summed E-state index contributed by atoms with van der Waals surface area (Å²) in [5, 5.41) is 2.90. The van der Waals surface area contributed by atoms with Crippen LogP contribution in [0.25, 0.3) is 11.3 Å². The average Bonchev–Trinajstić information content (AvgIpc) is 2.45. The molecular formula is C16H20N4O. The van der Waals surface area contributed by atoms with Crippen molar-refractivity contribution >= 4 is 11.6 Å². The van der Waals surface area contributed by atoms with Gasteiger partial charge in [-0.05, 0) is 23.6 Å². The smallest absolute Gasteiger partial charge is 0.253 e. The van der Waals surface area contributed by atoms with Crippen molar-refractivity contribution in [1.29, 1.82) is 0 Å². The molecule has 0 aromatic carbocycles. The van der Waals surface area contributed by atoms with Crippen LogP contribution in [0.3, 0.4) is 0 Å². The van der Waals surface area contributed by atoms with Crippen LogP contribution in [0.5, 0.6) is 0 Å². The number of hydrogen-bond donors (Lipinski definition) is 2. The van der Waals surface area contributed by atoms with E-state index in [2.05, 4.69) is 36.1 Å². The molecule has 21 heavy (non-hydrogen) atoms. The zero-order valence-electron chi connectivity index (χ0n) is 12.6. The molecule has 2 heterocycles. The van der Waals surface area contributed by atoms with Gasteiger partial charge in [0.25, 0.3) is 5.91 Å². The van der Waals surface area contributed by atoms with Crippen LogP contribution in [-0.4, -0.2) is 22.4 Å². The number of pyridine rings is 2. The topological polar surface area (TPSA) is 80.9 Å². The van der Waals surface area contributed by atoms with Gasteiger partial charge in [0.15, 0.2) is 0 Å². The molecule has 110 valence electrons. The minimum atomic E-state index is -0.185. The molecule has 0 saturated carbocycles. The van der Waals surface area contributed by atoms with Crippen molar-refractivity contribution in [2.24, 2.45) is 5.41 Å². The highest BCUT2D eigenvalue weighted by molar-refractivity contribution is 6.01. The Morgan fingerprint density at radius 1 is 1.29 bits per heavy atom.